The number of benzene rings is 2. The van der Waals surface area contributed by atoms with Crippen molar-refractivity contribution in [2.75, 3.05) is 10.8 Å². The summed E-state index contributed by atoms with van der Waals surface area (Å²) in [6.45, 7) is 0. The van der Waals surface area contributed by atoms with Crippen molar-refractivity contribution in [1.29, 1.82) is 0 Å². The first-order chi connectivity index (χ1) is 9.84. The Kier molecular flexibility index (Phi) is 2.53. The molecule has 2 heterocycles. The summed E-state index contributed by atoms with van der Waals surface area (Å²) < 4.78 is 1.69. The summed E-state index contributed by atoms with van der Waals surface area (Å²) in [4.78, 5) is 19.0. The van der Waals surface area contributed by atoms with Crippen molar-refractivity contribution < 1.29 is 4.79 Å². The molecule has 1 aliphatic rings. The molecule has 1 aromatic heterocycles. The first-order valence-electron chi connectivity index (χ1n) is 6.32. The zero-order valence-corrected chi connectivity index (χ0v) is 11.4. The van der Waals surface area contributed by atoms with E-state index in [1.807, 2.05) is 54.6 Å². The van der Waals surface area contributed by atoms with E-state index in [2.05, 4.69) is 4.98 Å². The van der Waals surface area contributed by atoms with Crippen molar-refractivity contribution in [3.05, 3.63) is 54.6 Å². The Morgan fingerprint density at radius 3 is 2.60 bits per heavy atom. The van der Waals surface area contributed by atoms with Gasteiger partial charge in [0.15, 0.2) is 5.16 Å². The molecule has 0 saturated carbocycles. The number of carbonyl (C=O) groups is 1. The summed E-state index contributed by atoms with van der Waals surface area (Å²) in [6, 6.07) is 17.4. The van der Waals surface area contributed by atoms with E-state index >= 15 is 0 Å². The van der Waals surface area contributed by atoms with Gasteiger partial charge in [0.25, 0.3) is 0 Å². The van der Waals surface area contributed by atoms with Gasteiger partial charge in [0, 0.05) is 5.69 Å². The average molecular weight is 281 g/mol. The molecule has 0 bridgehead atoms. The number of para-hydroxylation sites is 3. The third-order valence-corrected chi connectivity index (χ3v) is 4.26. The van der Waals surface area contributed by atoms with E-state index < -0.39 is 0 Å². The van der Waals surface area contributed by atoms with Crippen LogP contribution >= 0.6 is 11.8 Å². The number of imidazole rings is 1. The lowest BCUT2D eigenvalue weighted by Crippen LogP contribution is -2.38. The maximum atomic E-state index is 12.7. The Morgan fingerprint density at radius 2 is 1.75 bits per heavy atom. The second-order valence-electron chi connectivity index (χ2n) is 4.54. The van der Waals surface area contributed by atoms with Crippen LogP contribution < -0.4 is 4.90 Å². The van der Waals surface area contributed by atoms with E-state index in [4.69, 9.17) is 0 Å². The summed E-state index contributed by atoms with van der Waals surface area (Å²) in [6.07, 6.45) is 0. The highest BCUT2D eigenvalue weighted by molar-refractivity contribution is 7.99. The minimum atomic E-state index is -0.0429. The number of fused-ring (bicyclic) bond motifs is 3. The van der Waals surface area contributed by atoms with Crippen molar-refractivity contribution in [2.24, 2.45) is 0 Å². The molecule has 0 radical (unpaired) electrons. The number of anilines is 1. The normalized spacial score (nSPS) is 14.6. The molecule has 2 aromatic carbocycles. The highest BCUT2D eigenvalue weighted by Gasteiger charge is 2.28. The van der Waals surface area contributed by atoms with Crippen LogP contribution in [0.3, 0.4) is 0 Å². The molecule has 0 aliphatic carbocycles. The summed E-state index contributed by atoms with van der Waals surface area (Å²) in [5, 5.41) is 0.767. The number of hydrogen-bond donors (Lipinski definition) is 0. The minimum Gasteiger partial charge on any atom is -0.283 e. The molecule has 0 unspecified atom stereocenters. The number of carbonyl (C=O) groups excluding carboxylic acids is 1. The van der Waals surface area contributed by atoms with E-state index in [9.17, 15) is 4.79 Å². The molecular formula is C15H11N3OS. The Labute approximate surface area is 120 Å². The molecule has 4 nitrogen and oxygen atoms in total. The number of hydrogen-bond acceptors (Lipinski definition) is 3. The first-order valence-corrected chi connectivity index (χ1v) is 7.30. The van der Waals surface area contributed by atoms with Gasteiger partial charge in [-0.05, 0) is 24.3 Å². The molecule has 0 N–H and O–H groups in total. The maximum absolute atomic E-state index is 12.7. The van der Waals surface area contributed by atoms with Crippen molar-refractivity contribution in [1.82, 2.24) is 9.55 Å². The van der Waals surface area contributed by atoms with Crippen LogP contribution in [0.15, 0.2) is 59.8 Å². The van der Waals surface area contributed by atoms with Crippen LogP contribution in [0.4, 0.5) is 10.5 Å². The predicted octanol–water partition coefficient (Wildman–Crippen LogP) is 3.57. The standard InChI is InChI=1S/C15H11N3OS/c19-15-17(11-6-2-1-3-7-11)10-20-14-16-12-8-4-5-9-13(12)18(14)15/h1-9H,10H2. The van der Waals surface area contributed by atoms with E-state index in [1.165, 1.54) is 0 Å². The highest BCUT2D eigenvalue weighted by Crippen LogP contribution is 2.31. The topological polar surface area (TPSA) is 38.1 Å². The van der Waals surface area contributed by atoms with E-state index in [0.29, 0.717) is 5.88 Å². The van der Waals surface area contributed by atoms with Gasteiger partial charge < -0.3 is 0 Å². The van der Waals surface area contributed by atoms with Crippen LogP contribution in [-0.4, -0.2) is 21.5 Å². The van der Waals surface area contributed by atoms with Gasteiger partial charge in [-0.15, -0.1) is 0 Å². The van der Waals surface area contributed by atoms with Gasteiger partial charge in [-0.25, -0.2) is 14.3 Å². The van der Waals surface area contributed by atoms with Crippen LogP contribution in [-0.2, 0) is 0 Å². The third kappa shape index (κ3) is 1.63. The molecule has 0 saturated heterocycles. The quantitative estimate of drug-likeness (QED) is 0.684. The van der Waals surface area contributed by atoms with Gasteiger partial charge in [0.1, 0.15) is 0 Å². The molecule has 20 heavy (non-hydrogen) atoms. The van der Waals surface area contributed by atoms with Crippen molar-refractivity contribution in [3.8, 4) is 0 Å². The number of thioether (sulfide) groups is 1. The Hall–Kier alpha value is -2.27. The van der Waals surface area contributed by atoms with Gasteiger partial charge in [-0.3, -0.25) is 4.90 Å². The molecule has 1 aliphatic heterocycles. The van der Waals surface area contributed by atoms with Gasteiger partial charge in [0.2, 0.25) is 0 Å². The van der Waals surface area contributed by atoms with Crippen LogP contribution in [0.2, 0.25) is 0 Å². The monoisotopic (exact) mass is 281 g/mol. The Morgan fingerprint density at radius 1 is 1.00 bits per heavy atom. The fourth-order valence-electron chi connectivity index (χ4n) is 2.38. The molecule has 0 atom stereocenters. The van der Waals surface area contributed by atoms with Crippen molar-refractivity contribution >= 4 is 34.5 Å². The molecule has 3 aromatic rings. The van der Waals surface area contributed by atoms with Gasteiger partial charge in [-0.2, -0.15) is 0 Å². The molecule has 0 fully saturated rings. The highest BCUT2D eigenvalue weighted by atomic mass is 32.2. The lowest BCUT2D eigenvalue weighted by molar-refractivity contribution is 0.247. The lowest BCUT2D eigenvalue weighted by Gasteiger charge is -2.27. The summed E-state index contributed by atoms with van der Waals surface area (Å²) >= 11 is 1.58. The lowest BCUT2D eigenvalue weighted by atomic mass is 10.3. The van der Waals surface area contributed by atoms with E-state index in [0.717, 1.165) is 21.9 Å². The van der Waals surface area contributed by atoms with Crippen molar-refractivity contribution in [3.63, 3.8) is 0 Å². The summed E-state index contributed by atoms with van der Waals surface area (Å²) in [7, 11) is 0. The van der Waals surface area contributed by atoms with Crippen LogP contribution in [0.25, 0.3) is 11.0 Å². The molecule has 4 rings (SSSR count). The zero-order chi connectivity index (χ0) is 13.5. The molecular weight excluding hydrogens is 270 g/mol. The molecule has 0 spiro atoms. The molecule has 98 valence electrons. The molecule has 1 amide bonds. The minimum absolute atomic E-state index is 0.0429. The van der Waals surface area contributed by atoms with Gasteiger partial charge in [-0.1, -0.05) is 42.1 Å². The van der Waals surface area contributed by atoms with Crippen LogP contribution in [0.1, 0.15) is 0 Å². The van der Waals surface area contributed by atoms with E-state index in [1.54, 1.807) is 21.2 Å². The maximum Gasteiger partial charge on any atom is 0.336 e. The predicted molar refractivity (Wildman–Crippen MR) is 80.2 cm³/mol. The molecule has 5 heteroatoms. The smallest absolute Gasteiger partial charge is 0.283 e. The summed E-state index contributed by atoms with van der Waals surface area (Å²) in [5.41, 5.74) is 2.63. The largest absolute Gasteiger partial charge is 0.336 e. The Bertz CT molecular complexity index is 797. The van der Waals surface area contributed by atoms with Crippen LogP contribution in [0, 0.1) is 0 Å². The number of rotatable bonds is 1. The zero-order valence-electron chi connectivity index (χ0n) is 10.6. The van der Waals surface area contributed by atoms with Crippen LogP contribution in [0.5, 0.6) is 0 Å². The number of nitrogens with zero attached hydrogens (tertiary/aromatic N) is 3. The second kappa shape index (κ2) is 4.38. The number of amides is 1. The third-order valence-electron chi connectivity index (χ3n) is 3.34. The fourth-order valence-corrected chi connectivity index (χ4v) is 3.35. The number of aromatic nitrogens is 2. The first kappa shape index (κ1) is 11.5. The van der Waals surface area contributed by atoms with E-state index in [-0.39, 0.29) is 6.03 Å². The SMILES string of the molecule is O=C1N(c2ccccc2)CSc2nc3ccccc3n21. The fraction of sp³-hybridized carbons (Fsp3) is 0.0667. The van der Waals surface area contributed by atoms with Gasteiger partial charge in [0.05, 0.1) is 16.9 Å². The van der Waals surface area contributed by atoms with Gasteiger partial charge >= 0.3 is 6.03 Å². The van der Waals surface area contributed by atoms with Crippen molar-refractivity contribution in [2.45, 2.75) is 5.16 Å². The average Bonchev–Trinajstić information content (AvgIpc) is 2.88. The Balaban J connectivity index is 1.86. The second-order valence-corrected chi connectivity index (χ2v) is 5.45. The summed E-state index contributed by atoms with van der Waals surface area (Å²) in [5.74, 6) is 0.589.